The zero-order chi connectivity index (χ0) is 27.1. The maximum absolute atomic E-state index is 13.4. The Kier molecular flexibility index (Phi) is 6.37. The molecule has 0 unspecified atom stereocenters. The normalized spacial score (nSPS) is 14.3. The van der Waals surface area contributed by atoms with Gasteiger partial charge in [-0.3, -0.25) is 14.7 Å². The van der Waals surface area contributed by atoms with Crippen LogP contribution in [0.1, 0.15) is 24.1 Å². The molecule has 39 heavy (non-hydrogen) atoms. The van der Waals surface area contributed by atoms with Crippen molar-refractivity contribution in [2.75, 3.05) is 12.4 Å². The average Bonchev–Trinajstić information content (AvgIpc) is 3.69. The number of hydrogen-bond donors (Lipinski definition) is 2. The molecule has 1 aliphatic rings. The van der Waals surface area contributed by atoms with Crippen LogP contribution < -0.4 is 10.9 Å². The van der Waals surface area contributed by atoms with Crippen molar-refractivity contribution in [3.05, 3.63) is 93.1 Å². The van der Waals surface area contributed by atoms with Gasteiger partial charge in [0.05, 0.1) is 42.6 Å². The number of nitrogens with zero attached hydrogens (tertiary/aromatic N) is 6. The summed E-state index contributed by atoms with van der Waals surface area (Å²) in [7, 11) is 1.31. The molecule has 4 heterocycles. The van der Waals surface area contributed by atoms with Gasteiger partial charge in [0.2, 0.25) is 0 Å². The summed E-state index contributed by atoms with van der Waals surface area (Å²) in [6, 6.07) is 13.7. The molecule has 1 amide bonds. The maximum atomic E-state index is 13.4. The lowest BCUT2D eigenvalue weighted by Crippen LogP contribution is -2.25. The Morgan fingerprint density at radius 3 is 2.72 bits per heavy atom. The van der Waals surface area contributed by atoms with Gasteiger partial charge in [0.25, 0.3) is 5.56 Å². The summed E-state index contributed by atoms with van der Waals surface area (Å²) in [5, 5.41) is 11.2. The second-order valence-electron chi connectivity index (χ2n) is 8.84. The lowest BCUT2D eigenvalue weighted by Gasteiger charge is -2.14. The predicted octanol–water partition coefficient (Wildman–Crippen LogP) is 4.90. The van der Waals surface area contributed by atoms with Gasteiger partial charge in [0.1, 0.15) is 11.6 Å². The number of methoxy groups -OCH3 is 1. The third kappa shape index (κ3) is 4.77. The van der Waals surface area contributed by atoms with E-state index in [-0.39, 0.29) is 16.8 Å². The number of anilines is 1. The number of rotatable bonds is 5. The molecule has 6 rings (SSSR count). The van der Waals surface area contributed by atoms with Crippen molar-refractivity contribution in [1.29, 1.82) is 0 Å². The first-order chi connectivity index (χ1) is 18.9. The molecule has 2 N–H and O–H groups in total. The third-order valence-electron chi connectivity index (χ3n) is 6.46. The van der Waals surface area contributed by atoms with Gasteiger partial charge < -0.3 is 9.72 Å². The Balaban J connectivity index is 1.30. The summed E-state index contributed by atoms with van der Waals surface area (Å²) in [5.41, 5.74) is 3.85. The minimum absolute atomic E-state index is 0.198. The van der Waals surface area contributed by atoms with Crippen LogP contribution in [0.4, 0.5) is 10.5 Å². The van der Waals surface area contributed by atoms with Gasteiger partial charge >= 0.3 is 6.09 Å². The monoisotopic (exact) mass is 562 g/mol. The first-order valence-corrected chi connectivity index (χ1v) is 12.7. The second-order valence-corrected chi connectivity index (χ2v) is 9.67. The van der Waals surface area contributed by atoms with Gasteiger partial charge in [-0.2, -0.15) is 0 Å². The number of aromatic amines is 1. The van der Waals surface area contributed by atoms with Crippen molar-refractivity contribution in [1.82, 2.24) is 34.5 Å². The van der Waals surface area contributed by atoms with Gasteiger partial charge in [-0.15, -0.1) is 5.10 Å². The predicted molar refractivity (Wildman–Crippen MR) is 145 cm³/mol. The molecule has 0 fully saturated rings. The van der Waals surface area contributed by atoms with Crippen LogP contribution in [0.3, 0.4) is 0 Å². The summed E-state index contributed by atoms with van der Waals surface area (Å²) >= 11 is 12.3. The number of carbonyl (C=O) groups excluding carboxylic acids is 1. The molecule has 0 bridgehead atoms. The number of nitrogens with one attached hydrogen (secondary N) is 2. The van der Waals surface area contributed by atoms with Gasteiger partial charge in [-0.1, -0.05) is 40.5 Å². The van der Waals surface area contributed by atoms with E-state index in [0.717, 1.165) is 11.3 Å². The molecule has 13 heteroatoms. The molecular weight excluding hydrogens is 543 g/mol. The molecule has 5 aromatic rings. The van der Waals surface area contributed by atoms with Crippen molar-refractivity contribution in [2.45, 2.75) is 18.9 Å². The first kappa shape index (κ1) is 24.8. The third-order valence-corrected chi connectivity index (χ3v) is 6.87. The highest BCUT2D eigenvalue weighted by molar-refractivity contribution is 6.31. The number of amides is 1. The summed E-state index contributed by atoms with van der Waals surface area (Å²) in [6.45, 7) is 0. The van der Waals surface area contributed by atoms with Crippen LogP contribution in [0.2, 0.25) is 10.2 Å². The van der Waals surface area contributed by atoms with Gasteiger partial charge in [-0.25, -0.2) is 19.4 Å². The zero-order valence-corrected chi connectivity index (χ0v) is 21.9. The lowest BCUT2D eigenvalue weighted by molar-refractivity contribution is 0.187. The number of hydrogen-bond acceptors (Lipinski definition) is 7. The molecular formula is C26H20Cl2N8O3. The molecule has 3 aromatic heterocycles. The molecule has 11 nitrogen and oxygen atoms in total. The molecule has 1 atom stereocenters. The number of aromatic nitrogens is 7. The maximum Gasteiger partial charge on any atom is 0.411 e. The standard InChI is InChI=1S/C26H20Cl2N8O3/c1-39-26(38)30-16-5-2-14(3-6-16)19-12-29-25(32-19)21-8-9-23-31-18(11-24(37)36(21)23)17-10-15(27)4-7-20(17)35-13-22(28)33-34-35/h2-7,10-13,21H,8-9H2,1H3,(H,29,32)(H,30,38)/t21-/m0/s1. The minimum atomic E-state index is -0.539. The van der Waals surface area contributed by atoms with E-state index in [1.165, 1.54) is 17.9 Å². The minimum Gasteiger partial charge on any atom is -0.453 e. The highest BCUT2D eigenvalue weighted by Crippen LogP contribution is 2.33. The van der Waals surface area contributed by atoms with E-state index in [9.17, 15) is 9.59 Å². The van der Waals surface area contributed by atoms with Crippen LogP contribution in [0.5, 0.6) is 0 Å². The summed E-state index contributed by atoms with van der Waals surface area (Å²) < 4.78 is 7.81. The van der Waals surface area contributed by atoms with E-state index in [1.54, 1.807) is 47.3 Å². The Morgan fingerprint density at radius 1 is 1.15 bits per heavy atom. The number of fused-ring (bicyclic) bond motifs is 1. The van der Waals surface area contributed by atoms with Crippen molar-refractivity contribution in [3.63, 3.8) is 0 Å². The smallest absolute Gasteiger partial charge is 0.411 e. The summed E-state index contributed by atoms with van der Waals surface area (Å²) in [4.78, 5) is 37.5. The highest BCUT2D eigenvalue weighted by atomic mass is 35.5. The SMILES string of the molecule is COC(=O)Nc1ccc(-c2cnc([C@@H]3CCc4nc(-c5cc(Cl)ccc5-n5cc(Cl)nn5)cc(=O)n43)[nH]2)cc1. The fourth-order valence-electron chi connectivity index (χ4n) is 4.67. The van der Waals surface area contributed by atoms with Crippen LogP contribution in [-0.4, -0.2) is 47.7 Å². The fraction of sp³-hybridized carbons (Fsp3) is 0.154. The molecule has 1 aliphatic heterocycles. The first-order valence-electron chi connectivity index (χ1n) is 11.9. The summed E-state index contributed by atoms with van der Waals surface area (Å²) in [6.07, 6.45) is 4.03. The van der Waals surface area contributed by atoms with Crippen LogP contribution in [0.25, 0.3) is 28.2 Å². The Labute approximate surface area is 231 Å². The van der Waals surface area contributed by atoms with E-state index in [4.69, 9.17) is 28.2 Å². The Bertz CT molecular complexity index is 1760. The Hall–Kier alpha value is -4.48. The van der Waals surface area contributed by atoms with Crippen LogP contribution in [0.15, 0.2) is 65.7 Å². The fourth-order valence-corrected chi connectivity index (χ4v) is 4.97. The quantitative estimate of drug-likeness (QED) is 0.311. The van der Waals surface area contributed by atoms with Crippen LogP contribution in [-0.2, 0) is 11.2 Å². The van der Waals surface area contributed by atoms with Gasteiger partial charge in [-0.05, 0) is 42.3 Å². The largest absolute Gasteiger partial charge is 0.453 e. The molecule has 2 aromatic carbocycles. The number of carbonyl (C=O) groups is 1. The van der Waals surface area contributed by atoms with Crippen molar-refractivity contribution < 1.29 is 9.53 Å². The lowest BCUT2D eigenvalue weighted by atomic mass is 10.1. The zero-order valence-electron chi connectivity index (χ0n) is 20.4. The van der Waals surface area contributed by atoms with Gasteiger partial charge in [0, 0.05) is 28.8 Å². The number of imidazole rings is 1. The van der Waals surface area contributed by atoms with Crippen molar-refractivity contribution in [2.24, 2.45) is 0 Å². The number of aryl methyl sites for hydroxylation is 1. The highest BCUT2D eigenvalue weighted by Gasteiger charge is 2.29. The number of H-pyrrole nitrogens is 1. The number of ether oxygens (including phenoxy) is 1. The number of benzene rings is 2. The van der Waals surface area contributed by atoms with E-state index >= 15 is 0 Å². The van der Waals surface area contributed by atoms with E-state index < -0.39 is 6.09 Å². The van der Waals surface area contributed by atoms with Crippen molar-refractivity contribution >= 4 is 35.0 Å². The van der Waals surface area contributed by atoms with E-state index in [1.807, 2.05) is 12.1 Å². The molecule has 196 valence electrons. The number of halogens is 2. The van der Waals surface area contributed by atoms with Crippen molar-refractivity contribution in [3.8, 4) is 28.2 Å². The van der Waals surface area contributed by atoms with E-state index in [0.29, 0.717) is 52.1 Å². The molecule has 0 spiro atoms. The molecule has 0 saturated heterocycles. The Morgan fingerprint density at radius 2 is 1.97 bits per heavy atom. The second kappa shape index (κ2) is 10.0. The molecule has 0 saturated carbocycles. The van der Waals surface area contributed by atoms with Gasteiger partial charge in [0.15, 0.2) is 5.15 Å². The average molecular weight is 563 g/mol. The van der Waals surface area contributed by atoms with Crippen LogP contribution in [0, 0.1) is 0 Å². The van der Waals surface area contributed by atoms with Crippen LogP contribution >= 0.6 is 23.2 Å². The molecule has 0 aliphatic carbocycles. The summed E-state index contributed by atoms with van der Waals surface area (Å²) in [5.74, 6) is 1.32. The molecule has 0 radical (unpaired) electrons. The topological polar surface area (TPSA) is 133 Å². The van der Waals surface area contributed by atoms with E-state index in [2.05, 4.69) is 30.3 Å².